The molecule has 12 heteroatoms. The van der Waals surface area contributed by atoms with Crippen LogP contribution in [-0.2, 0) is 9.59 Å². The summed E-state index contributed by atoms with van der Waals surface area (Å²) in [7, 11) is 0. The van der Waals surface area contributed by atoms with Crippen molar-refractivity contribution in [1.82, 2.24) is 10.4 Å². The molecule has 1 fully saturated rings. The van der Waals surface area contributed by atoms with E-state index in [1.165, 1.54) is 37.3 Å². The first-order valence-electron chi connectivity index (χ1n) is 8.99. The number of nitro benzene ring substituents is 1. The van der Waals surface area contributed by atoms with Crippen molar-refractivity contribution in [3.63, 3.8) is 0 Å². The molecule has 0 spiro atoms. The molecule has 0 aliphatic carbocycles. The summed E-state index contributed by atoms with van der Waals surface area (Å²) in [6, 6.07) is 11.4. The Kier molecular flexibility index (Phi) is 6.85. The van der Waals surface area contributed by atoms with Gasteiger partial charge in [-0.2, -0.15) is 5.01 Å². The number of hydrazine groups is 1. The van der Waals surface area contributed by atoms with E-state index in [1.54, 1.807) is 24.3 Å². The molecule has 32 heavy (non-hydrogen) atoms. The highest BCUT2D eigenvalue weighted by atomic mass is 32.2. The molecule has 1 saturated heterocycles. The fourth-order valence-corrected chi connectivity index (χ4v) is 3.72. The zero-order chi connectivity index (χ0) is 23.4. The number of para-hydroxylation sites is 1. The molecule has 2 amide bonds. The number of rotatable bonds is 7. The topological polar surface area (TPSA) is 139 Å². The second-order valence-electron chi connectivity index (χ2n) is 6.40. The first kappa shape index (κ1) is 22.9. The fourth-order valence-electron chi connectivity index (χ4n) is 2.55. The van der Waals surface area contributed by atoms with Crippen LogP contribution >= 0.6 is 24.0 Å². The molecular weight excluding hydrogens is 458 g/mol. The highest BCUT2D eigenvalue weighted by molar-refractivity contribution is 8.26. The lowest BCUT2D eigenvalue weighted by Crippen LogP contribution is -2.44. The van der Waals surface area contributed by atoms with Gasteiger partial charge in [-0.25, -0.2) is 4.79 Å². The number of nitrogens with one attached hydrogen (secondary N) is 1. The highest BCUT2D eigenvalue weighted by Crippen LogP contribution is 2.33. The van der Waals surface area contributed by atoms with E-state index in [1.807, 2.05) is 0 Å². The number of carboxylic acids is 1. The maximum absolute atomic E-state index is 12.8. The van der Waals surface area contributed by atoms with Gasteiger partial charge in [-0.15, -0.1) is 0 Å². The Labute approximate surface area is 191 Å². The number of carbonyl (C=O) groups excluding carboxylic acids is 2. The van der Waals surface area contributed by atoms with E-state index < -0.39 is 28.8 Å². The van der Waals surface area contributed by atoms with Crippen LogP contribution in [0.15, 0.2) is 53.4 Å². The van der Waals surface area contributed by atoms with Crippen LogP contribution < -0.4 is 10.2 Å². The van der Waals surface area contributed by atoms with Gasteiger partial charge in [-0.05, 0) is 43.4 Å². The number of aliphatic carboxylic acids is 1. The molecule has 0 aromatic heterocycles. The molecule has 0 radical (unpaired) electrons. The molecule has 2 aromatic carbocycles. The molecule has 164 valence electrons. The Morgan fingerprint density at radius 1 is 1.25 bits per heavy atom. The maximum atomic E-state index is 12.8. The van der Waals surface area contributed by atoms with Crippen molar-refractivity contribution < 1.29 is 29.2 Å². The molecule has 3 rings (SSSR count). The third kappa shape index (κ3) is 5.10. The second-order valence-corrected chi connectivity index (χ2v) is 8.07. The van der Waals surface area contributed by atoms with Crippen molar-refractivity contribution in [2.45, 2.75) is 13.0 Å². The van der Waals surface area contributed by atoms with Gasteiger partial charge >= 0.3 is 5.97 Å². The molecule has 2 N–H and O–H groups in total. The van der Waals surface area contributed by atoms with Gasteiger partial charge in [0.2, 0.25) is 0 Å². The zero-order valence-electron chi connectivity index (χ0n) is 16.4. The van der Waals surface area contributed by atoms with Gasteiger partial charge in [-0.1, -0.05) is 30.0 Å². The van der Waals surface area contributed by atoms with Crippen molar-refractivity contribution in [2.75, 3.05) is 0 Å². The van der Waals surface area contributed by atoms with Gasteiger partial charge in [-0.3, -0.25) is 25.1 Å². The number of thioether (sulfide) groups is 1. The van der Waals surface area contributed by atoms with E-state index >= 15 is 0 Å². The monoisotopic (exact) mass is 473 g/mol. The van der Waals surface area contributed by atoms with Crippen LogP contribution in [0.4, 0.5) is 5.69 Å². The molecule has 0 saturated carbocycles. The summed E-state index contributed by atoms with van der Waals surface area (Å²) in [5.41, 5.74) is 2.78. The van der Waals surface area contributed by atoms with Gasteiger partial charge < -0.3 is 9.84 Å². The van der Waals surface area contributed by atoms with E-state index in [-0.39, 0.29) is 26.2 Å². The number of non-ortho nitro benzene ring substituents is 1. The molecular formula is C20H15N3O7S2. The fraction of sp³-hybridized carbons (Fsp3) is 0.100. The summed E-state index contributed by atoms with van der Waals surface area (Å²) in [5, 5.41) is 20.7. The molecule has 2 aromatic rings. The summed E-state index contributed by atoms with van der Waals surface area (Å²) >= 11 is 6.13. The number of ether oxygens (including phenoxy) is 1. The molecule has 1 heterocycles. The number of carboxylic acid groups (broad SMARTS) is 1. The predicted molar refractivity (Wildman–Crippen MR) is 120 cm³/mol. The van der Waals surface area contributed by atoms with Crippen molar-refractivity contribution in [1.29, 1.82) is 0 Å². The van der Waals surface area contributed by atoms with Crippen LogP contribution in [0.1, 0.15) is 22.8 Å². The Morgan fingerprint density at radius 3 is 2.53 bits per heavy atom. The smallest absolute Gasteiger partial charge is 0.344 e. The minimum Gasteiger partial charge on any atom is -0.479 e. The molecule has 1 aliphatic rings. The zero-order valence-corrected chi connectivity index (χ0v) is 18.0. The summed E-state index contributed by atoms with van der Waals surface area (Å²) in [6.07, 6.45) is 0.390. The highest BCUT2D eigenvalue weighted by Gasteiger charge is 2.34. The Balaban J connectivity index is 1.77. The Morgan fingerprint density at radius 2 is 1.91 bits per heavy atom. The first-order valence-corrected chi connectivity index (χ1v) is 10.2. The van der Waals surface area contributed by atoms with Crippen molar-refractivity contribution in [3.8, 4) is 5.75 Å². The average molecular weight is 473 g/mol. The van der Waals surface area contributed by atoms with Crippen LogP contribution in [0.2, 0.25) is 0 Å². The largest absolute Gasteiger partial charge is 0.479 e. The Hall–Kier alpha value is -3.77. The molecule has 0 bridgehead atoms. The van der Waals surface area contributed by atoms with E-state index in [0.717, 1.165) is 16.8 Å². The number of nitrogens with zero attached hydrogens (tertiary/aromatic N) is 2. The van der Waals surface area contributed by atoms with Crippen LogP contribution in [0.3, 0.4) is 0 Å². The molecule has 1 unspecified atom stereocenters. The van der Waals surface area contributed by atoms with Crippen molar-refractivity contribution in [2.24, 2.45) is 0 Å². The number of benzene rings is 2. The number of carbonyl (C=O) groups is 3. The quantitative estimate of drug-likeness (QED) is 0.269. The average Bonchev–Trinajstić information content (AvgIpc) is 3.02. The van der Waals surface area contributed by atoms with Crippen LogP contribution in [0, 0.1) is 10.1 Å². The third-order valence-electron chi connectivity index (χ3n) is 4.20. The van der Waals surface area contributed by atoms with Crippen molar-refractivity contribution >= 4 is 57.8 Å². The number of nitro groups is 1. The van der Waals surface area contributed by atoms with Gasteiger partial charge in [0.25, 0.3) is 17.5 Å². The lowest BCUT2D eigenvalue weighted by atomic mass is 10.2. The lowest BCUT2D eigenvalue weighted by Gasteiger charge is -2.15. The predicted octanol–water partition coefficient (Wildman–Crippen LogP) is 2.99. The van der Waals surface area contributed by atoms with E-state index in [0.29, 0.717) is 5.56 Å². The van der Waals surface area contributed by atoms with Gasteiger partial charge in [0.15, 0.2) is 10.4 Å². The standard InChI is InChI=1S/C20H15N3O7S2/c1-11(19(26)27)30-15-5-3-2-4-13(15)10-16-18(25)22(20(31)32-16)21-17(24)12-6-8-14(9-7-12)23(28)29/h2-11H,1H3,(H,21,24)(H,26,27)/b16-10+. The maximum Gasteiger partial charge on any atom is 0.344 e. The molecule has 1 aliphatic heterocycles. The lowest BCUT2D eigenvalue weighted by molar-refractivity contribution is -0.384. The van der Waals surface area contributed by atoms with Crippen LogP contribution in [-0.4, -0.2) is 43.2 Å². The van der Waals surface area contributed by atoms with Gasteiger partial charge in [0.05, 0.1) is 9.83 Å². The minimum absolute atomic E-state index is 0.0776. The molecule has 1 atom stereocenters. The van der Waals surface area contributed by atoms with Crippen molar-refractivity contribution in [3.05, 3.63) is 74.7 Å². The summed E-state index contributed by atoms with van der Waals surface area (Å²) in [6.45, 7) is 1.38. The van der Waals surface area contributed by atoms with E-state index in [2.05, 4.69) is 5.43 Å². The van der Waals surface area contributed by atoms with Crippen LogP contribution in [0.25, 0.3) is 6.08 Å². The van der Waals surface area contributed by atoms with Gasteiger partial charge in [0, 0.05) is 23.3 Å². The summed E-state index contributed by atoms with van der Waals surface area (Å²) in [5.74, 6) is -2.13. The van der Waals surface area contributed by atoms with E-state index in [4.69, 9.17) is 22.1 Å². The number of hydrogen-bond acceptors (Lipinski definition) is 8. The number of hydrogen-bond donors (Lipinski definition) is 2. The molecule has 10 nitrogen and oxygen atoms in total. The summed E-state index contributed by atoms with van der Waals surface area (Å²) in [4.78, 5) is 46.6. The van der Waals surface area contributed by atoms with Gasteiger partial charge in [0.1, 0.15) is 5.75 Å². The Bertz CT molecular complexity index is 1150. The number of thiocarbonyl (C=S) groups is 1. The SMILES string of the molecule is CC(Oc1ccccc1/C=C1/SC(=S)N(NC(=O)c2ccc([N+](=O)[O-])cc2)C1=O)C(=O)O. The second kappa shape index (κ2) is 9.58. The number of amides is 2. The minimum atomic E-state index is -1.14. The van der Waals surface area contributed by atoms with E-state index in [9.17, 15) is 24.5 Å². The third-order valence-corrected chi connectivity index (χ3v) is 5.51. The summed E-state index contributed by atoms with van der Waals surface area (Å²) < 4.78 is 5.50. The normalized spacial score (nSPS) is 15.5. The van der Waals surface area contributed by atoms with Crippen LogP contribution in [0.5, 0.6) is 5.75 Å². The first-order chi connectivity index (χ1) is 15.2.